The molecule has 1 aromatic heterocycles. The van der Waals surface area contributed by atoms with E-state index in [0.29, 0.717) is 5.82 Å². The standard InChI is InChI=1S/C12H14N6O4/c1-8(2)11-13-12(15-18(21)22)16(14-11)7-9-3-5-10(6-4-9)17(19)20/h3-6,8H,7H2,1-2H3,(H,13,14,15). The molecule has 2 rings (SSSR count). The highest BCUT2D eigenvalue weighted by Gasteiger charge is 2.11. The zero-order valence-corrected chi connectivity index (χ0v) is 12.0. The summed E-state index contributed by atoms with van der Waals surface area (Å²) in [5.74, 6) is 0.626. The predicted octanol–water partition coefficient (Wildman–Crippen LogP) is 1.38. The third kappa shape index (κ3) is 3.53. The Bertz CT molecular complexity index is 759. The van der Waals surface area contributed by atoms with E-state index in [1.807, 2.05) is 13.8 Å². The van der Waals surface area contributed by atoms with Crippen molar-refractivity contribution in [2.24, 2.45) is 5.10 Å². The molecule has 0 saturated heterocycles. The minimum atomic E-state index is -0.813. The van der Waals surface area contributed by atoms with Gasteiger partial charge in [-0.15, -0.1) is 0 Å². The van der Waals surface area contributed by atoms with Gasteiger partial charge in [0.25, 0.3) is 5.69 Å². The number of nitrogens with zero attached hydrogens (tertiary/aromatic N) is 5. The first-order valence-corrected chi connectivity index (χ1v) is 6.46. The van der Waals surface area contributed by atoms with E-state index >= 15 is 0 Å². The van der Waals surface area contributed by atoms with Crippen LogP contribution in [0.15, 0.2) is 29.4 Å². The van der Waals surface area contributed by atoms with Crippen LogP contribution in [0, 0.1) is 20.2 Å². The zero-order chi connectivity index (χ0) is 16.3. The molecule has 1 heterocycles. The van der Waals surface area contributed by atoms with Crippen molar-refractivity contribution in [2.45, 2.75) is 26.3 Å². The number of benzene rings is 1. The van der Waals surface area contributed by atoms with Gasteiger partial charge in [-0.1, -0.05) is 26.0 Å². The maximum Gasteiger partial charge on any atom is 0.318 e. The topological polar surface area (TPSA) is 132 Å². The molecule has 0 radical (unpaired) electrons. The summed E-state index contributed by atoms with van der Waals surface area (Å²) in [7, 11) is 0. The number of nitro groups is 2. The normalized spacial score (nSPS) is 11.9. The molecular formula is C12H14N6O4. The van der Waals surface area contributed by atoms with Crippen LogP contribution in [0.4, 0.5) is 5.69 Å². The third-order valence-corrected chi connectivity index (χ3v) is 2.92. The summed E-state index contributed by atoms with van der Waals surface area (Å²) in [5.41, 5.74) is 0.665. The monoisotopic (exact) mass is 306 g/mol. The van der Waals surface area contributed by atoms with E-state index in [9.17, 15) is 20.2 Å². The summed E-state index contributed by atoms with van der Waals surface area (Å²) in [4.78, 5) is 24.8. The zero-order valence-electron chi connectivity index (χ0n) is 12.0. The van der Waals surface area contributed by atoms with Gasteiger partial charge in [0, 0.05) is 18.1 Å². The molecular weight excluding hydrogens is 292 g/mol. The number of H-pyrrole nitrogens is 1. The number of non-ortho nitro benzene ring substituents is 1. The van der Waals surface area contributed by atoms with Crippen molar-refractivity contribution in [3.8, 4) is 0 Å². The number of rotatable bonds is 5. The molecule has 0 aliphatic carbocycles. The Kier molecular flexibility index (Phi) is 4.30. The Morgan fingerprint density at radius 1 is 1.27 bits per heavy atom. The van der Waals surface area contributed by atoms with Crippen LogP contribution in [-0.2, 0) is 6.54 Å². The largest absolute Gasteiger partial charge is 0.318 e. The van der Waals surface area contributed by atoms with Crippen molar-refractivity contribution in [3.63, 3.8) is 0 Å². The van der Waals surface area contributed by atoms with Gasteiger partial charge in [-0.25, -0.2) is 14.8 Å². The first-order valence-electron chi connectivity index (χ1n) is 6.46. The Labute approximate surface area is 124 Å². The van der Waals surface area contributed by atoms with Crippen molar-refractivity contribution in [3.05, 3.63) is 61.5 Å². The highest BCUT2D eigenvalue weighted by molar-refractivity contribution is 5.32. The van der Waals surface area contributed by atoms with Gasteiger partial charge < -0.3 is 0 Å². The van der Waals surface area contributed by atoms with Crippen LogP contribution in [0.2, 0.25) is 0 Å². The molecule has 0 fully saturated rings. The van der Waals surface area contributed by atoms with Gasteiger partial charge in [0.05, 0.1) is 11.5 Å². The molecule has 0 atom stereocenters. The minimum Gasteiger partial charge on any atom is -0.282 e. The summed E-state index contributed by atoms with van der Waals surface area (Å²) in [6.07, 6.45) is 0. The molecule has 0 aliphatic heterocycles. The second-order valence-corrected chi connectivity index (χ2v) is 4.91. The summed E-state index contributed by atoms with van der Waals surface area (Å²) in [6, 6.07) is 5.91. The second kappa shape index (κ2) is 6.16. The number of hydrogen-bond acceptors (Lipinski definition) is 5. The predicted molar refractivity (Wildman–Crippen MR) is 75.4 cm³/mol. The molecule has 10 nitrogen and oxygen atoms in total. The fourth-order valence-corrected chi connectivity index (χ4v) is 1.80. The SMILES string of the molecule is CC(C)c1n/c(=N\[N+](=O)[O-])n(Cc2ccc([N+](=O)[O-])cc2)[nH]1. The van der Waals surface area contributed by atoms with Crippen molar-refractivity contribution in [2.75, 3.05) is 0 Å². The summed E-state index contributed by atoms with van der Waals surface area (Å²) >= 11 is 0. The van der Waals surface area contributed by atoms with E-state index in [1.165, 1.54) is 16.8 Å². The van der Waals surface area contributed by atoms with Crippen molar-refractivity contribution in [1.29, 1.82) is 0 Å². The quantitative estimate of drug-likeness (QED) is 0.658. The van der Waals surface area contributed by atoms with Gasteiger partial charge in [0.2, 0.25) is 0 Å². The first-order chi connectivity index (χ1) is 10.4. The van der Waals surface area contributed by atoms with Gasteiger partial charge in [-0.2, -0.15) is 4.98 Å². The van der Waals surface area contributed by atoms with Crippen LogP contribution in [0.5, 0.6) is 0 Å². The molecule has 116 valence electrons. The molecule has 0 spiro atoms. The van der Waals surface area contributed by atoms with Gasteiger partial charge in [0.15, 0.2) is 5.03 Å². The number of nitro benzene ring substituents is 1. The summed E-state index contributed by atoms with van der Waals surface area (Å²) in [6.45, 7) is 4.03. The van der Waals surface area contributed by atoms with Gasteiger partial charge >= 0.3 is 5.62 Å². The van der Waals surface area contributed by atoms with Crippen molar-refractivity contribution >= 4 is 5.69 Å². The van der Waals surface area contributed by atoms with Crippen LogP contribution in [0.25, 0.3) is 0 Å². The third-order valence-electron chi connectivity index (χ3n) is 2.92. The molecule has 1 aromatic carbocycles. The second-order valence-electron chi connectivity index (χ2n) is 4.91. The van der Waals surface area contributed by atoms with Crippen LogP contribution in [0.3, 0.4) is 0 Å². The fourth-order valence-electron chi connectivity index (χ4n) is 1.80. The molecule has 0 saturated carbocycles. The van der Waals surface area contributed by atoms with E-state index in [0.717, 1.165) is 5.56 Å². The first kappa shape index (κ1) is 15.4. The fraction of sp³-hybridized carbons (Fsp3) is 0.333. The van der Waals surface area contributed by atoms with Crippen LogP contribution < -0.4 is 5.62 Å². The molecule has 22 heavy (non-hydrogen) atoms. The molecule has 1 N–H and O–H groups in total. The van der Waals surface area contributed by atoms with Crippen LogP contribution in [0.1, 0.15) is 31.2 Å². The van der Waals surface area contributed by atoms with Gasteiger partial charge in [0.1, 0.15) is 10.9 Å². The molecule has 10 heteroatoms. The Morgan fingerprint density at radius 2 is 1.91 bits per heavy atom. The smallest absolute Gasteiger partial charge is 0.282 e. The summed E-state index contributed by atoms with van der Waals surface area (Å²) < 4.78 is 1.43. The van der Waals surface area contributed by atoms with Gasteiger partial charge in [-0.3, -0.25) is 15.2 Å². The van der Waals surface area contributed by atoms with E-state index in [1.54, 1.807) is 12.1 Å². The lowest BCUT2D eigenvalue weighted by molar-refractivity contribution is -0.491. The average Bonchev–Trinajstić information content (AvgIpc) is 2.82. The lowest BCUT2D eigenvalue weighted by atomic mass is 10.2. The van der Waals surface area contributed by atoms with Crippen molar-refractivity contribution < 1.29 is 9.96 Å². The summed E-state index contributed by atoms with van der Waals surface area (Å²) in [5, 5.41) is 26.6. The van der Waals surface area contributed by atoms with Crippen LogP contribution in [-0.4, -0.2) is 24.7 Å². The van der Waals surface area contributed by atoms with Gasteiger partial charge in [-0.05, 0) is 5.56 Å². The Balaban J connectivity index is 2.35. The molecule has 0 amide bonds. The number of aromatic amines is 1. The number of hydrogen-bond donors (Lipinski definition) is 1. The lowest BCUT2D eigenvalue weighted by Crippen LogP contribution is -2.22. The van der Waals surface area contributed by atoms with Crippen LogP contribution >= 0.6 is 0 Å². The average molecular weight is 306 g/mol. The van der Waals surface area contributed by atoms with E-state index in [-0.39, 0.29) is 23.8 Å². The minimum absolute atomic E-state index is 0.0172. The molecule has 0 unspecified atom stereocenters. The molecule has 2 aromatic rings. The maximum atomic E-state index is 10.6. The highest BCUT2D eigenvalue weighted by Crippen LogP contribution is 2.12. The van der Waals surface area contributed by atoms with E-state index < -0.39 is 9.96 Å². The molecule has 0 aliphatic rings. The maximum absolute atomic E-state index is 10.6. The number of nitrogens with one attached hydrogen (secondary N) is 1. The molecule has 0 bridgehead atoms. The van der Waals surface area contributed by atoms with E-state index in [4.69, 9.17) is 0 Å². The Morgan fingerprint density at radius 3 is 2.41 bits per heavy atom. The van der Waals surface area contributed by atoms with E-state index in [2.05, 4.69) is 15.2 Å². The Hall–Kier alpha value is -3.04. The number of aromatic nitrogens is 3. The lowest BCUT2D eigenvalue weighted by Gasteiger charge is -2.03. The highest BCUT2D eigenvalue weighted by atomic mass is 16.7. The van der Waals surface area contributed by atoms with Crippen molar-refractivity contribution in [1.82, 2.24) is 14.8 Å².